The van der Waals surface area contributed by atoms with E-state index in [4.69, 9.17) is 0 Å². The second-order valence-corrected chi connectivity index (χ2v) is 4.76. The van der Waals surface area contributed by atoms with Gasteiger partial charge < -0.3 is 0 Å². The number of rotatable bonds is 8. The lowest BCUT2D eigenvalue weighted by Crippen LogP contribution is -1.79. The average Bonchev–Trinajstić information content (AvgIpc) is 2.10. The minimum atomic E-state index is 1.27. The minimum Gasteiger partial charge on any atom is -0.0864 e. The number of unbranched alkanes of at least 4 members (excludes halogenated alkanes) is 6. The number of hydrogen-bond acceptors (Lipinski definition) is 0. The summed E-state index contributed by atoms with van der Waals surface area (Å²) in [6.45, 7) is 0. The van der Waals surface area contributed by atoms with Crippen molar-refractivity contribution >= 4 is 45.2 Å². The molecule has 0 N–H and O–H groups in total. The van der Waals surface area contributed by atoms with Crippen molar-refractivity contribution in [2.75, 3.05) is 4.43 Å². The lowest BCUT2D eigenvalue weighted by molar-refractivity contribution is 0.615. The molecule has 0 aliphatic heterocycles. The van der Waals surface area contributed by atoms with E-state index >= 15 is 0 Å². The van der Waals surface area contributed by atoms with Crippen LogP contribution in [0.2, 0.25) is 0 Å². The van der Waals surface area contributed by atoms with Gasteiger partial charge >= 0.3 is 0 Å². The van der Waals surface area contributed by atoms with Gasteiger partial charge in [-0.3, -0.25) is 0 Å². The fourth-order valence-corrected chi connectivity index (χ4v) is 2.03. The van der Waals surface area contributed by atoms with Crippen LogP contribution in [0.3, 0.4) is 0 Å². The molecule has 0 saturated heterocycles. The molecule has 12 heavy (non-hydrogen) atoms. The normalized spacial score (nSPS) is 11.2. The standard InChI is InChI=1S/C10H18I2/c11-9-7-5-3-1-2-4-6-8-10-12/h7,9H,1-6,8,10H2/b9-7+. The molecule has 0 fully saturated rings. The number of alkyl halides is 1. The fourth-order valence-electron chi connectivity index (χ4n) is 1.13. The average molecular weight is 392 g/mol. The van der Waals surface area contributed by atoms with Crippen LogP contribution in [0.1, 0.15) is 44.9 Å². The smallest absolute Gasteiger partial charge is 0.000473 e. The highest BCUT2D eigenvalue weighted by atomic mass is 127. The van der Waals surface area contributed by atoms with Gasteiger partial charge in [-0.15, -0.1) is 0 Å². The molecule has 0 nitrogen and oxygen atoms in total. The van der Waals surface area contributed by atoms with Crippen LogP contribution in [0.15, 0.2) is 10.2 Å². The van der Waals surface area contributed by atoms with Crippen LogP contribution in [0, 0.1) is 0 Å². The first-order valence-electron chi connectivity index (χ1n) is 4.73. The molecule has 0 aliphatic rings. The Morgan fingerprint density at radius 1 is 0.833 bits per heavy atom. The molecule has 0 bridgehead atoms. The Hall–Kier alpha value is 1.20. The van der Waals surface area contributed by atoms with Crippen LogP contribution in [0.25, 0.3) is 0 Å². The highest BCUT2D eigenvalue weighted by molar-refractivity contribution is 14.1. The van der Waals surface area contributed by atoms with Crippen LogP contribution in [-0.4, -0.2) is 4.43 Å². The Labute approximate surface area is 104 Å². The second kappa shape index (κ2) is 12.2. The summed E-state index contributed by atoms with van der Waals surface area (Å²) in [5.41, 5.74) is 0. The van der Waals surface area contributed by atoms with Crippen molar-refractivity contribution in [2.24, 2.45) is 0 Å². The van der Waals surface area contributed by atoms with E-state index in [1.54, 1.807) is 0 Å². The van der Waals surface area contributed by atoms with Gasteiger partial charge in [0, 0.05) is 0 Å². The third kappa shape index (κ3) is 11.2. The lowest BCUT2D eigenvalue weighted by Gasteiger charge is -1.97. The van der Waals surface area contributed by atoms with Crippen molar-refractivity contribution in [2.45, 2.75) is 44.9 Å². The van der Waals surface area contributed by atoms with E-state index in [9.17, 15) is 0 Å². The Bertz CT molecular complexity index is 100. The van der Waals surface area contributed by atoms with Gasteiger partial charge in [-0.05, 0) is 27.8 Å². The molecule has 0 radical (unpaired) electrons. The van der Waals surface area contributed by atoms with Crippen LogP contribution in [0.4, 0.5) is 0 Å². The Morgan fingerprint density at radius 2 is 1.42 bits per heavy atom. The van der Waals surface area contributed by atoms with Crippen molar-refractivity contribution in [3.05, 3.63) is 10.2 Å². The van der Waals surface area contributed by atoms with Crippen LogP contribution in [0.5, 0.6) is 0 Å². The van der Waals surface area contributed by atoms with Crippen molar-refractivity contribution in [3.63, 3.8) is 0 Å². The molecule has 0 aromatic rings. The molecule has 72 valence electrons. The molecule has 0 aliphatic carbocycles. The first-order valence-corrected chi connectivity index (χ1v) is 7.50. The molecule has 0 unspecified atom stereocenters. The molecule has 0 spiro atoms. The third-order valence-corrected chi connectivity index (χ3v) is 3.11. The first kappa shape index (κ1) is 13.2. The number of hydrogen-bond donors (Lipinski definition) is 0. The van der Waals surface area contributed by atoms with Crippen LogP contribution < -0.4 is 0 Å². The van der Waals surface area contributed by atoms with Crippen molar-refractivity contribution in [1.82, 2.24) is 0 Å². The maximum Gasteiger partial charge on any atom is -0.000473 e. The van der Waals surface area contributed by atoms with E-state index in [0.717, 1.165) is 0 Å². The largest absolute Gasteiger partial charge is 0.0864 e. The summed E-state index contributed by atoms with van der Waals surface area (Å²) >= 11 is 4.74. The zero-order valence-electron chi connectivity index (χ0n) is 7.57. The second-order valence-electron chi connectivity index (χ2n) is 2.96. The highest BCUT2D eigenvalue weighted by Gasteiger charge is 1.88. The Kier molecular flexibility index (Phi) is 13.4. The summed E-state index contributed by atoms with van der Waals surface area (Å²) in [6, 6.07) is 0. The lowest BCUT2D eigenvalue weighted by atomic mass is 10.1. The quantitative estimate of drug-likeness (QED) is 0.306. The van der Waals surface area contributed by atoms with E-state index in [2.05, 4.69) is 55.3 Å². The molecule has 0 rings (SSSR count). The van der Waals surface area contributed by atoms with E-state index < -0.39 is 0 Å². The van der Waals surface area contributed by atoms with E-state index in [0.29, 0.717) is 0 Å². The fraction of sp³-hybridized carbons (Fsp3) is 0.800. The van der Waals surface area contributed by atoms with Crippen molar-refractivity contribution < 1.29 is 0 Å². The molecule has 2 heteroatoms. The van der Waals surface area contributed by atoms with Gasteiger partial charge in [0.05, 0.1) is 0 Å². The van der Waals surface area contributed by atoms with Gasteiger partial charge in [0.2, 0.25) is 0 Å². The van der Waals surface area contributed by atoms with Crippen molar-refractivity contribution in [3.8, 4) is 0 Å². The van der Waals surface area contributed by atoms with Gasteiger partial charge in [0.15, 0.2) is 0 Å². The predicted octanol–water partition coefficient (Wildman–Crippen LogP) is 5.10. The number of allylic oxidation sites excluding steroid dienone is 1. The maximum absolute atomic E-state index is 2.46. The maximum atomic E-state index is 2.46. The third-order valence-electron chi connectivity index (χ3n) is 1.84. The summed E-state index contributed by atoms with van der Waals surface area (Å²) in [4.78, 5) is 0. The molecule has 0 heterocycles. The summed E-state index contributed by atoms with van der Waals surface area (Å²) in [5, 5.41) is 0. The van der Waals surface area contributed by atoms with E-state index in [-0.39, 0.29) is 0 Å². The van der Waals surface area contributed by atoms with Gasteiger partial charge in [-0.25, -0.2) is 0 Å². The minimum absolute atomic E-state index is 1.27. The molecular weight excluding hydrogens is 374 g/mol. The van der Waals surface area contributed by atoms with Crippen molar-refractivity contribution in [1.29, 1.82) is 0 Å². The van der Waals surface area contributed by atoms with E-state index in [1.165, 1.54) is 49.4 Å². The first-order chi connectivity index (χ1) is 5.91. The van der Waals surface area contributed by atoms with Crippen LogP contribution in [-0.2, 0) is 0 Å². The SMILES string of the molecule is I/C=C/CCCCCCCCI. The molecule has 0 atom stereocenters. The van der Waals surface area contributed by atoms with Crippen LogP contribution >= 0.6 is 45.2 Å². The number of halogens is 2. The summed E-state index contributed by atoms with van der Waals surface area (Å²) in [5.74, 6) is 0. The molecule has 0 aromatic heterocycles. The van der Waals surface area contributed by atoms with Gasteiger partial charge in [0.1, 0.15) is 0 Å². The van der Waals surface area contributed by atoms with E-state index in [1.807, 2.05) is 0 Å². The molecule has 0 aromatic carbocycles. The predicted molar refractivity (Wildman–Crippen MR) is 74.4 cm³/mol. The Balaban J connectivity index is 2.81. The zero-order chi connectivity index (χ0) is 9.07. The van der Waals surface area contributed by atoms with Gasteiger partial charge in [0.25, 0.3) is 0 Å². The molecular formula is C10H18I2. The van der Waals surface area contributed by atoms with Gasteiger partial charge in [-0.1, -0.05) is 76.9 Å². The zero-order valence-corrected chi connectivity index (χ0v) is 11.9. The molecule has 0 amide bonds. The summed E-state index contributed by atoms with van der Waals surface area (Å²) in [6.07, 6.45) is 12.1. The summed E-state index contributed by atoms with van der Waals surface area (Å²) in [7, 11) is 0. The Morgan fingerprint density at radius 3 is 2.00 bits per heavy atom. The molecule has 0 saturated carbocycles. The van der Waals surface area contributed by atoms with Gasteiger partial charge in [-0.2, -0.15) is 0 Å². The monoisotopic (exact) mass is 392 g/mol. The topological polar surface area (TPSA) is 0 Å². The highest BCUT2D eigenvalue weighted by Crippen LogP contribution is 2.08. The summed E-state index contributed by atoms with van der Waals surface area (Å²) < 4.78 is 3.45.